The molecular weight excluding hydrogens is 327 g/mol. The Morgan fingerprint density at radius 3 is 2.33 bits per heavy atom. The van der Waals surface area contributed by atoms with Crippen LogP contribution in [0.25, 0.3) is 0 Å². The molecule has 1 unspecified atom stereocenters. The van der Waals surface area contributed by atoms with Crippen molar-refractivity contribution < 1.29 is 2.85 Å². The first-order chi connectivity index (χ1) is 2.81. The lowest BCUT2D eigenvalue weighted by Gasteiger charge is -1.62. The number of halogens is 2. The molecule has 0 aliphatic rings. The molecule has 0 saturated carbocycles. The first-order valence-electron chi connectivity index (χ1n) is 1.15. The van der Waals surface area contributed by atoms with Gasteiger partial charge >= 0.3 is 5.58 Å². The molecule has 6 heavy (non-hydrogen) atoms. The molecule has 0 rings (SSSR count). The van der Waals surface area contributed by atoms with Gasteiger partial charge in [-0.3, -0.25) is 0 Å². The molecule has 0 saturated heterocycles. The highest BCUT2D eigenvalue weighted by atomic mass is 127. The molecule has 2 nitrogen and oxygen atoms in total. The van der Waals surface area contributed by atoms with E-state index in [9.17, 15) is 0 Å². The van der Waals surface area contributed by atoms with E-state index < -0.39 is 5.58 Å². The van der Waals surface area contributed by atoms with E-state index in [1.54, 1.807) is 7.05 Å². The predicted molar refractivity (Wildman–Crippen MR) is 44.4 cm³/mol. The molecule has 0 bridgehead atoms. The van der Waals surface area contributed by atoms with E-state index >= 15 is 0 Å². The Balaban J connectivity index is 3.22. The standard InChI is InChI=1S/CH3I2NOP/c1-4-6(3)5-2/h1H3/q+1. The van der Waals surface area contributed by atoms with Crippen LogP contribution >= 0.6 is 50.6 Å². The van der Waals surface area contributed by atoms with Crippen LogP contribution in [0, 0.1) is 0 Å². The highest BCUT2D eigenvalue weighted by Crippen LogP contribution is 2.38. The average Bonchev–Trinajstić information content (AvgIpc) is 1.65. The third kappa shape index (κ3) is 3.70. The lowest BCUT2D eigenvalue weighted by atomic mass is 11.6. The molecular formula is CH3I2NOP+. The fourth-order valence-corrected chi connectivity index (χ4v) is 0.621. The molecule has 0 aromatic carbocycles. The van der Waals surface area contributed by atoms with Crippen LogP contribution in [-0.2, 0) is 2.85 Å². The van der Waals surface area contributed by atoms with Gasteiger partial charge in [-0.2, -0.15) is 0 Å². The van der Waals surface area contributed by atoms with Gasteiger partial charge in [0.25, 0.3) is 22.0 Å². The molecule has 36 valence electrons. The lowest BCUT2D eigenvalue weighted by Crippen LogP contribution is -1.39. The van der Waals surface area contributed by atoms with Crippen LogP contribution in [0.1, 0.15) is 0 Å². The Labute approximate surface area is 64.8 Å². The molecule has 0 aromatic heterocycles. The summed E-state index contributed by atoms with van der Waals surface area (Å²) in [6, 6.07) is 0. The zero-order chi connectivity index (χ0) is 4.99. The van der Waals surface area contributed by atoms with Crippen molar-refractivity contribution in [2.75, 3.05) is 7.05 Å². The van der Waals surface area contributed by atoms with Crippen molar-refractivity contribution >= 4 is 50.6 Å². The topological polar surface area (TPSA) is 21.6 Å². The van der Waals surface area contributed by atoms with E-state index in [2.05, 4.69) is 26.8 Å². The lowest BCUT2D eigenvalue weighted by molar-refractivity contribution is 0.829. The van der Waals surface area contributed by atoms with Crippen molar-refractivity contribution in [3.05, 3.63) is 0 Å². The smallest absolute Gasteiger partial charge is 0.0844 e. The summed E-state index contributed by atoms with van der Waals surface area (Å²) in [6.07, 6.45) is 0. The molecule has 1 atom stereocenters. The zero-order valence-electron chi connectivity index (χ0n) is 3.06. The van der Waals surface area contributed by atoms with Crippen LogP contribution in [0.4, 0.5) is 0 Å². The average molecular weight is 330 g/mol. The normalized spacial score (nSPS) is 12.2. The number of nitrogens with zero attached hydrogens (tertiary/aromatic N) is 1. The van der Waals surface area contributed by atoms with Crippen molar-refractivity contribution in [2.45, 2.75) is 0 Å². The highest BCUT2D eigenvalue weighted by molar-refractivity contribution is 14.2. The largest absolute Gasteiger partial charge is 0.449 e. The van der Waals surface area contributed by atoms with Gasteiger partial charge in [-0.15, -0.1) is 0 Å². The molecule has 0 fully saturated rings. The minimum Gasteiger partial charge on any atom is -0.0844 e. The summed E-state index contributed by atoms with van der Waals surface area (Å²) in [7, 11) is 1.75. The summed E-state index contributed by atoms with van der Waals surface area (Å²) in [4.78, 5) is 0. The Kier molecular flexibility index (Phi) is 5.86. The number of rotatable bonds is 1. The Bertz CT molecular complexity index is 64.6. The van der Waals surface area contributed by atoms with E-state index in [0.717, 1.165) is 0 Å². The van der Waals surface area contributed by atoms with E-state index in [4.69, 9.17) is 2.85 Å². The monoisotopic (exact) mass is 330 g/mol. The van der Waals surface area contributed by atoms with Gasteiger partial charge in [0, 0.05) is 0 Å². The van der Waals surface area contributed by atoms with Crippen molar-refractivity contribution in [3.63, 3.8) is 0 Å². The van der Waals surface area contributed by atoms with Gasteiger partial charge in [-0.05, 0) is 0 Å². The molecule has 5 heteroatoms. The summed E-state index contributed by atoms with van der Waals surface area (Å²) < 4.78 is 8.58. The minimum absolute atomic E-state index is 0.494. The number of hydrogen-bond donors (Lipinski definition) is 0. The molecule has 0 heterocycles. The minimum atomic E-state index is -0.494. The summed E-state index contributed by atoms with van der Waals surface area (Å²) >= 11 is 3.98. The van der Waals surface area contributed by atoms with Gasteiger partial charge in [0.2, 0.25) is 0 Å². The summed E-state index contributed by atoms with van der Waals surface area (Å²) in [5.74, 6) is 0. The second kappa shape index (κ2) is 4.67. The van der Waals surface area contributed by atoms with Crippen LogP contribution in [-0.4, -0.2) is 7.05 Å². The molecule has 0 aromatic rings. The zero-order valence-corrected chi connectivity index (χ0v) is 8.27. The number of hydrogen-bond acceptors (Lipinski definition) is 2. The van der Waals surface area contributed by atoms with Crippen LogP contribution < -0.4 is 0 Å². The fraction of sp³-hybridized carbons (Fsp3) is 1.00. The van der Waals surface area contributed by atoms with Gasteiger partial charge in [-0.25, -0.2) is 0 Å². The Hall–Kier alpha value is 1.52. The van der Waals surface area contributed by atoms with Crippen LogP contribution in [0.2, 0.25) is 0 Å². The van der Waals surface area contributed by atoms with Gasteiger partial charge < -0.3 is 0 Å². The highest BCUT2D eigenvalue weighted by Gasteiger charge is 2.01. The van der Waals surface area contributed by atoms with Crippen LogP contribution in [0.3, 0.4) is 0 Å². The second-order valence-corrected chi connectivity index (χ2v) is 5.14. The van der Waals surface area contributed by atoms with Crippen molar-refractivity contribution in [1.29, 1.82) is 0 Å². The molecule has 0 aliphatic heterocycles. The van der Waals surface area contributed by atoms with Crippen molar-refractivity contribution in [3.8, 4) is 0 Å². The SMILES string of the molecule is CN=[P+](I)OI. The van der Waals surface area contributed by atoms with Gasteiger partial charge in [-0.1, -0.05) is 7.60 Å². The van der Waals surface area contributed by atoms with Gasteiger partial charge in [0.1, 0.15) is 0 Å². The van der Waals surface area contributed by atoms with Crippen molar-refractivity contribution in [2.24, 2.45) is 4.74 Å². The maximum absolute atomic E-state index is 4.75. The molecule has 0 N–H and O–H groups in total. The molecule has 0 radical (unpaired) electrons. The molecule has 0 amide bonds. The fourth-order valence-electron chi connectivity index (χ4n) is 0.0309. The third-order valence-electron chi connectivity index (χ3n) is 0.214. The third-order valence-corrected chi connectivity index (χ3v) is 5.91. The van der Waals surface area contributed by atoms with E-state index in [-0.39, 0.29) is 0 Å². The maximum atomic E-state index is 4.75. The van der Waals surface area contributed by atoms with Gasteiger partial charge in [0.15, 0.2) is 23.0 Å². The van der Waals surface area contributed by atoms with E-state index in [1.807, 2.05) is 23.0 Å². The Morgan fingerprint density at radius 2 is 2.33 bits per heavy atom. The molecule has 0 aliphatic carbocycles. The van der Waals surface area contributed by atoms with Crippen LogP contribution in [0.5, 0.6) is 0 Å². The first-order valence-corrected chi connectivity index (χ1v) is 6.03. The van der Waals surface area contributed by atoms with Crippen molar-refractivity contribution in [1.82, 2.24) is 0 Å². The molecule has 0 spiro atoms. The predicted octanol–water partition coefficient (Wildman–Crippen LogP) is 2.91. The van der Waals surface area contributed by atoms with E-state index in [0.29, 0.717) is 0 Å². The first kappa shape index (κ1) is 7.52. The summed E-state index contributed by atoms with van der Waals surface area (Å²) in [5, 5.41) is 0. The maximum Gasteiger partial charge on any atom is 0.449 e. The quantitative estimate of drug-likeness (QED) is 0.535. The van der Waals surface area contributed by atoms with Gasteiger partial charge in [0.05, 0.1) is 7.05 Å². The summed E-state index contributed by atoms with van der Waals surface area (Å²) in [6.45, 7) is 0. The van der Waals surface area contributed by atoms with E-state index in [1.165, 1.54) is 0 Å². The second-order valence-electron chi connectivity index (χ2n) is 0.495. The Morgan fingerprint density at radius 1 is 1.83 bits per heavy atom. The van der Waals surface area contributed by atoms with Crippen LogP contribution in [0.15, 0.2) is 4.74 Å². The summed E-state index contributed by atoms with van der Waals surface area (Å²) in [5.41, 5.74) is -0.494.